The molecule has 9 nitrogen and oxygen atoms in total. The molecule has 0 saturated carbocycles. The summed E-state index contributed by atoms with van der Waals surface area (Å²) in [7, 11) is -2.83. The molecule has 0 radical (unpaired) electrons. The van der Waals surface area contributed by atoms with Gasteiger partial charge < -0.3 is 19.5 Å². The second-order valence-electron chi connectivity index (χ2n) is 8.71. The lowest BCUT2D eigenvalue weighted by Gasteiger charge is -2.25. The first-order valence-corrected chi connectivity index (χ1v) is 14.1. The summed E-state index contributed by atoms with van der Waals surface area (Å²) in [6, 6.07) is 17.5. The average molecular weight is 555 g/mol. The van der Waals surface area contributed by atoms with Gasteiger partial charge in [0.15, 0.2) is 0 Å². The average Bonchev–Trinajstić information content (AvgIpc) is 2.93. The van der Waals surface area contributed by atoms with E-state index in [0.29, 0.717) is 30.2 Å². The molecule has 10 heteroatoms. The summed E-state index contributed by atoms with van der Waals surface area (Å²) < 4.78 is 44.8. The van der Waals surface area contributed by atoms with Gasteiger partial charge in [-0.15, -0.1) is 0 Å². The maximum atomic E-state index is 13.9. The number of carbonyl (C=O) groups excluding carboxylic acids is 2. The highest BCUT2D eigenvalue weighted by Crippen LogP contribution is 2.31. The zero-order chi connectivity index (χ0) is 28.4. The van der Waals surface area contributed by atoms with Crippen LogP contribution >= 0.6 is 0 Å². The Balaban J connectivity index is 1.86. The van der Waals surface area contributed by atoms with E-state index in [4.69, 9.17) is 14.2 Å². The van der Waals surface area contributed by atoms with E-state index in [1.54, 1.807) is 67.6 Å². The number of benzene rings is 3. The standard InChI is InChI=1S/C29H34N2O7S/c1-5-7-18-38-29(33)22-9-11-23(12-10-22)30-28(32)20-31(24-13-15-25(16-14-24)37-6-2)39(34,35)27-19-21(3)8-17-26(27)36-4/h8-17,19H,5-7,18,20H2,1-4H3,(H,30,32). The monoisotopic (exact) mass is 554 g/mol. The molecule has 208 valence electrons. The number of methoxy groups -OCH3 is 1. The van der Waals surface area contributed by atoms with Crippen LogP contribution in [-0.4, -0.2) is 47.2 Å². The topological polar surface area (TPSA) is 111 Å². The third-order valence-electron chi connectivity index (χ3n) is 5.75. The van der Waals surface area contributed by atoms with E-state index in [0.717, 1.165) is 22.7 Å². The van der Waals surface area contributed by atoms with Crippen molar-refractivity contribution in [2.45, 2.75) is 38.5 Å². The molecule has 0 aromatic heterocycles. The summed E-state index contributed by atoms with van der Waals surface area (Å²) in [4.78, 5) is 25.2. The number of amides is 1. The van der Waals surface area contributed by atoms with E-state index in [2.05, 4.69) is 5.32 Å². The molecule has 39 heavy (non-hydrogen) atoms. The largest absolute Gasteiger partial charge is 0.495 e. The van der Waals surface area contributed by atoms with Crippen LogP contribution in [0.1, 0.15) is 42.6 Å². The van der Waals surface area contributed by atoms with Gasteiger partial charge in [0.05, 0.1) is 31.6 Å². The van der Waals surface area contributed by atoms with Crippen molar-refractivity contribution >= 4 is 33.3 Å². The van der Waals surface area contributed by atoms with Crippen molar-refractivity contribution in [1.82, 2.24) is 0 Å². The molecule has 1 N–H and O–H groups in total. The van der Waals surface area contributed by atoms with Gasteiger partial charge in [-0.1, -0.05) is 19.4 Å². The first-order chi connectivity index (χ1) is 18.7. The van der Waals surface area contributed by atoms with Crippen LogP contribution in [-0.2, 0) is 19.6 Å². The molecular weight excluding hydrogens is 520 g/mol. The zero-order valence-electron chi connectivity index (χ0n) is 22.6. The molecule has 0 aliphatic carbocycles. The lowest BCUT2D eigenvalue weighted by Crippen LogP contribution is -2.38. The van der Waals surface area contributed by atoms with E-state index in [1.807, 2.05) is 13.8 Å². The van der Waals surface area contributed by atoms with Gasteiger partial charge in [0, 0.05) is 5.69 Å². The highest BCUT2D eigenvalue weighted by molar-refractivity contribution is 7.93. The van der Waals surface area contributed by atoms with Crippen LogP contribution in [0, 0.1) is 6.92 Å². The van der Waals surface area contributed by atoms with Gasteiger partial charge in [0.1, 0.15) is 22.9 Å². The van der Waals surface area contributed by atoms with Gasteiger partial charge in [0.2, 0.25) is 5.91 Å². The third-order valence-corrected chi connectivity index (χ3v) is 7.54. The van der Waals surface area contributed by atoms with Crippen LogP contribution in [0.3, 0.4) is 0 Å². The van der Waals surface area contributed by atoms with Gasteiger partial charge in [-0.2, -0.15) is 0 Å². The number of nitrogens with zero attached hydrogens (tertiary/aromatic N) is 1. The van der Waals surface area contributed by atoms with Crippen molar-refractivity contribution in [2.75, 3.05) is 36.5 Å². The Morgan fingerprint density at radius 2 is 1.64 bits per heavy atom. The molecule has 0 fully saturated rings. The van der Waals surface area contributed by atoms with Gasteiger partial charge in [-0.25, -0.2) is 13.2 Å². The van der Waals surface area contributed by atoms with E-state index in [9.17, 15) is 18.0 Å². The minimum Gasteiger partial charge on any atom is -0.495 e. The molecule has 0 bridgehead atoms. The van der Waals surface area contributed by atoms with Crippen LogP contribution in [0.15, 0.2) is 71.6 Å². The van der Waals surface area contributed by atoms with Crippen LogP contribution in [0.25, 0.3) is 0 Å². The minimum absolute atomic E-state index is 0.0578. The number of esters is 1. The van der Waals surface area contributed by atoms with Crippen molar-refractivity contribution in [1.29, 1.82) is 0 Å². The van der Waals surface area contributed by atoms with Gasteiger partial charge in [-0.3, -0.25) is 9.10 Å². The van der Waals surface area contributed by atoms with Gasteiger partial charge >= 0.3 is 5.97 Å². The number of anilines is 2. The number of nitrogens with one attached hydrogen (secondary N) is 1. The summed E-state index contributed by atoms with van der Waals surface area (Å²) in [6.07, 6.45) is 1.69. The van der Waals surface area contributed by atoms with E-state index < -0.39 is 28.4 Å². The predicted molar refractivity (Wildman–Crippen MR) is 150 cm³/mol. The molecule has 0 unspecified atom stereocenters. The Labute approximate surface area is 229 Å². The fourth-order valence-electron chi connectivity index (χ4n) is 3.71. The molecule has 0 heterocycles. The van der Waals surface area contributed by atoms with E-state index in [1.165, 1.54) is 13.2 Å². The number of ether oxygens (including phenoxy) is 3. The second kappa shape index (κ2) is 13.7. The predicted octanol–water partition coefficient (Wildman–Crippen LogP) is 5.19. The third kappa shape index (κ3) is 7.73. The quantitative estimate of drug-likeness (QED) is 0.229. The molecule has 0 aliphatic rings. The Kier molecular flexibility index (Phi) is 10.3. The second-order valence-corrected chi connectivity index (χ2v) is 10.5. The number of carbonyl (C=O) groups is 2. The first kappa shape index (κ1) is 29.5. The Hall–Kier alpha value is -4.05. The molecule has 3 aromatic carbocycles. The molecule has 0 aliphatic heterocycles. The van der Waals surface area contributed by atoms with Crippen LogP contribution < -0.4 is 19.1 Å². The van der Waals surface area contributed by atoms with Crippen LogP contribution in [0.2, 0.25) is 0 Å². The van der Waals surface area contributed by atoms with E-state index in [-0.39, 0.29) is 16.3 Å². The molecule has 0 saturated heterocycles. The Morgan fingerprint density at radius 1 is 0.949 bits per heavy atom. The maximum Gasteiger partial charge on any atom is 0.338 e. The van der Waals surface area contributed by atoms with Crippen molar-refractivity contribution in [3.05, 3.63) is 77.9 Å². The van der Waals surface area contributed by atoms with E-state index >= 15 is 0 Å². The molecule has 0 spiro atoms. The molecule has 3 rings (SSSR count). The number of hydrogen-bond acceptors (Lipinski definition) is 7. The number of unbranched alkanes of at least 4 members (excludes halogenated alkanes) is 1. The number of aryl methyl sites for hydroxylation is 1. The fraction of sp³-hybridized carbons (Fsp3) is 0.310. The summed E-state index contributed by atoms with van der Waals surface area (Å²) in [6.45, 7) is 5.92. The molecule has 0 atom stereocenters. The zero-order valence-corrected chi connectivity index (χ0v) is 23.4. The normalized spacial score (nSPS) is 11.0. The Morgan fingerprint density at radius 3 is 2.26 bits per heavy atom. The van der Waals surface area contributed by atoms with Crippen molar-refractivity contribution in [3.63, 3.8) is 0 Å². The Bertz CT molecular complexity index is 1370. The number of hydrogen-bond donors (Lipinski definition) is 1. The van der Waals surface area contributed by atoms with Crippen LogP contribution in [0.5, 0.6) is 11.5 Å². The van der Waals surface area contributed by atoms with Crippen molar-refractivity contribution < 1.29 is 32.2 Å². The van der Waals surface area contributed by atoms with Crippen LogP contribution in [0.4, 0.5) is 11.4 Å². The summed E-state index contributed by atoms with van der Waals surface area (Å²) >= 11 is 0. The van der Waals surface area contributed by atoms with Gasteiger partial charge in [-0.05, 0) is 86.5 Å². The lowest BCUT2D eigenvalue weighted by atomic mass is 10.2. The first-order valence-electron chi connectivity index (χ1n) is 12.7. The molecular formula is C29H34N2O7S. The fourth-order valence-corrected chi connectivity index (χ4v) is 5.37. The number of rotatable bonds is 13. The summed E-state index contributed by atoms with van der Waals surface area (Å²) in [5, 5.41) is 2.70. The smallest absolute Gasteiger partial charge is 0.338 e. The highest BCUT2D eigenvalue weighted by atomic mass is 32.2. The SMILES string of the molecule is CCCCOC(=O)c1ccc(NC(=O)CN(c2ccc(OCC)cc2)S(=O)(=O)c2cc(C)ccc2OC)cc1. The molecule has 3 aromatic rings. The minimum atomic E-state index is -4.22. The summed E-state index contributed by atoms with van der Waals surface area (Å²) in [5.74, 6) is -0.276. The van der Waals surface area contributed by atoms with Gasteiger partial charge in [0.25, 0.3) is 10.0 Å². The number of sulfonamides is 1. The lowest BCUT2D eigenvalue weighted by molar-refractivity contribution is -0.114. The maximum absolute atomic E-state index is 13.9. The molecule has 1 amide bonds. The summed E-state index contributed by atoms with van der Waals surface area (Å²) in [5.41, 5.74) is 1.76. The highest BCUT2D eigenvalue weighted by Gasteiger charge is 2.30. The van der Waals surface area contributed by atoms with Crippen molar-refractivity contribution in [3.8, 4) is 11.5 Å². The van der Waals surface area contributed by atoms with Crippen molar-refractivity contribution in [2.24, 2.45) is 0 Å².